The van der Waals surface area contributed by atoms with Gasteiger partial charge in [-0.15, -0.1) is 0 Å². The Balaban J connectivity index is 1.23. The highest BCUT2D eigenvalue weighted by Crippen LogP contribution is 2.44. The number of carbonyl (C=O) groups is 8. The van der Waals surface area contributed by atoms with Gasteiger partial charge in [0.1, 0.15) is 37.9 Å². The number of fused-ring (bicyclic) bond motifs is 2. The zero-order valence-corrected chi connectivity index (χ0v) is 37.5. The van der Waals surface area contributed by atoms with Crippen LogP contribution in [0.5, 0.6) is 11.5 Å². The number of allylic oxidation sites excluding steroid dienone is 6. The summed E-state index contributed by atoms with van der Waals surface area (Å²) in [5.41, 5.74) is 6.05. The van der Waals surface area contributed by atoms with Crippen molar-refractivity contribution in [1.29, 1.82) is 0 Å². The van der Waals surface area contributed by atoms with Gasteiger partial charge >= 0.3 is 35.8 Å². The Morgan fingerprint density at radius 3 is 1.21 bits per heavy atom. The fourth-order valence-corrected chi connectivity index (χ4v) is 7.51. The van der Waals surface area contributed by atoms with E-state index in [1.165, 1.54) is 0 Å². The summed E-state index contributed by atoms with van der Waals surface area (Å²) in [6.45, 7) is 9.69. The molecule has 0 amide bonds. The molecule has 6 rings (SSSR count). The van der Waals surface area contributed by atoms with E-state index >= 15 is 0 Å². The molecule has 2 atom stereocenters. The fraction of sp³-hybridized carbons (Fsp3) is 0.222. The molecule has 4 aromatic rings. The minimum absolute atomic E-state index is 0.149. The molecule has 0 spiro atoms. The molecule has 2 unspecified atom stereocenters. The second-order valence-corrected chi connectivity index (χ2v) is 15.5. The van der Waals surface area contributed by atoms with E-state index < -0.39 is 47.7 Å². The largest absolute Gasteiger partial charge is 0.462 e. The lowest BCUT2D eigenvalue weighted by Crippen LogP contribution is -2.19. The maximum atomic E-state index is 14.3. The van der Waals surface area contributed by atoms with E-state index in [0.29, 0.717) is 44.5 Å². The van der Waals surface area contributed by atoms with Crippen LogP contribution in [0.15, 0.2) is 146 Å². The van der Waals surface area contributed by atoms with Gasteiger partial charge in [-0.05, 0) is 69.8 Å². The molecule has 2 aliphatic rings. The summed E-state index contributed by atoms with van der Waals surface area (Å²) < 4.78 is 30.7. The van der Waals surface area contributed by atoms with Crippen LogP contribution in [0.1, 0.15) is 94.3 Å². The van der Waals surface area contributed by atoms with Crippen LogP contribution in [-0.4, -0.2) is 73.8 Å². The number of benzene rings is 4. The standard InChI is InChI=1S/C54H48O14/c1-5-47(55)63-25-27-65-49(57)21-23-51(59)67-37-15-11-13-35(29-37)33(3)43-31-45(39-17-7-9-19-41(39)53(43)61)46-32-44(54(62)42-20-10-8-18-40(42)46)34(4)36-14-12-16-38(30-36)68-52(60)24-22-50(58)66-28-26-64-48(56)6-2/h5-20,29-34H,1-2,21-28H2,3-4H3/b46-45+. The fourth-order valence-electron chi connectivity index (χ4n) is 7.51. The van der Waals surface area contributed by atoms with Crippen LogP contribution in [0.2, 0.25) is 0 Å². The van der Waals surface area contributed by atoms with Gasteiger partial charge in [-0.1, -0.05) is 99.8 Å². The molecule has 0 saturated carbocycles. The molecule has 2 aliphatic carbocycles. The number of carbonyl (C=O) groups excluding carboxylic acids is 8. The number of ether oxygens (including phenoxy) is 6. The minimum atomic E-state index is -0.674. The van der Waals surface area contributed by atoms with Crippen molar-refractivity contribution in [1.82, 2.24) is 0 Å². The lowest BCUT2D eigenvalue weighted by atomic mass is 9.74. The number of esters is 6. The van der Waals surface area contributed by atoms with Gasteiger partial charge in [-0.3, -0.25) is 28.8 Å². The zero-order chi connectivity index (χ0) is 48.7. The summed E-state index contributed by atoms with van der Waals surface area (Å²) >= 11 is 0. The average molecular weight is 921 g/mol. The van der Waals surface area contributed by atoms with Crippen molar-refractivity contribution >= 4 is 58.5 Å². The van der Waals surface area contributed by atoms with E-state index in [4.69, 9.17) is 28.4 Å². The third-order valence-electron chi connectivity index (χ3n) is 11.0. The molecule has 4 aromatic carbocycles. The molecule has 0 radical (unpaired) electrons. The van der Waals surface area contributed by atoms with Crippen LogP contribution in [0.25, 0.3) is 11.1 Å². The Labute approximate surface area is 392 Å². The number of ketones is 2. The maximum absolute atomic E-state index is 14.3. The second-order valence-electron chi connectivity index (χ2n) is 15.5. The molecule has 0 heterocycles. The number of rotatable bonds is 20. The van der Waals surface area contributed by atoms with Crippen molar-refractivity contribution in [3.8, 4) is 11.5 Å². The molecule has 0 saturated heterocycles. The molecule has 0 bridgehead atoms. The summed E-state index contributed by atoms with van der Waals surface area (Å²) in [6, 6.07) is 28.1. The Morgan fingerprint density at radius 1 is 0.471 bits per heavy atom. The Kier molecular flexibility index (Phi) is 16.8. The van der Waals surface area contributed by atoms with Crippen molar-refractivity contribution < 1.29 is 66.8 Å². The summed E-state index contributed by atoms with van der Waals surface area (Å²) in [6.07, 6.45) is 4.65. The zero-order valence-electron chi connectivity index (χ0n) is 37.5. The molecule has 0 aliphatic heterocycles. The molecule has 0 N–H and O–H groups in total. The molecule has 14 heteroatoms. The Morgan fingerprint density at radius 2 is 0.824 bits per heavy atom. The monoisotopic (exact) mass is 920 g/mol. The average Bonchev–Trinajstić information content (AvgIpc) is 3.35. The maximum Gasteiger partial charge on any atom is 0.330 e. The SMILES string of the molecule is C=CC(=O)OCCOC(=O)CCC(=O)Oc1cccc(C(C)C2=C/C(=C3/C=C(C(C)c4cccc(OC(=O)CCC(=O)OCCOC(=O)C=C)c4)C(=O)c4ccccc43)c3ccccc3C2=O)c1. The third kappa shape index (κ3) is 12.5. The highest BCUT2D eigenvalue weighted by atomic mass is 16.6. The van der Waals surface area contributed by atoms with E-state index in [1.54, 1.807) is 60.7 Å². The van der Waals surface area contributed by atoms with E-state index in [9.17, 15) is 38.4 Å². The number of Topliss-reactive ketones (excluding diaryl/α,β-unsaturated/α-hetero) is 2. The first-order chi connectivity index (χ1) is 32.8. The summed E-state index contributed by atoms with van der Waals surface area (Å²) in [5, 5.41) is 0. The Hall–Kier alpha value is -8.26. The first-order valence-corrected chi connectivity index (χ1v) is 21.7. The van der Waals surface area contributed by atoms with E-state index in [0.717, 1.165) is 23.3 Å². The van der Waals surface area contributed by atoms with E-state index in [1.807, 2.05) is 62.4 Å². The van der Waals surface area contributed by atoms with Crippen molar-refractivity contribution in [3.05, 3.63) is 179 Å². The predicted molar refractivity (Wildman–Crippen MR) is 248 cm³/mol. The van der Waals surface area contributed by atoms with Crippen LogP contribution in [0, 0.1) is 0 Å². The molecule has 68 heavy (non-hydrogen) atoms. The third-order valence-corrected chi connectivity index (χ3v) is 11.0. The summed E-state index contributed by atoms with van der Waals surface area (Å²) in [7, 11) is 0. The van der Waals surface area contributed by atoms with Crippen molar-refractivity contribution in [2.24, 2.45) is 0 Å². The van der Waals surface area contributed by atoms with Gasteiger partial charge in [-0.25, -0.2) is 9.59 Å². The van der Waals surface area contributed by atoms with Gasteiger partial charge in [0, 0.05) is 46.3 Å². The molecular weight excluding hydrogens is 873 g/mol. The first kappa shape index (κ1) is 49.2. The van der Waals surface area contributed by atoms with Crippen LogP contribution in [-0.2, 0) is 47.7 Å². The van der Waals surface area contributed by atoms with Crippen molar-refractivity contribution in [2.45, 2.75) is 51.4 Å². The highest BCUT2D eigenvalue weighted by Gasteiger charge is 2.33. The van der Waals surface area contributed by atoms with Crippen LogP contribution in [0.3, 0.4) is 0 Å². The lowest BCUT2D eigenvalue weighted by molar-refractivity contribution is -0.151. The van der Waals surface area contributed by atoms with Gasteiger partial charge in [0.15, 0.2) is 11.6 Å². The first-order valence-electron chi connectivity index (χ1n) is 21.7. The van der Waals surface area contributed by atoms with Gasteiger partial charge in [0.25, 0.3) is 0 Å². The lowest BCUT2D eigenvalue weighted by Gasteiger charge is -2.28. The summed E-state index contributed by atoms with van der Waals surface area (Å²) in [5.74, 6) is -4.92. The van der Waals surface area contributed by atoms with Crippen LogP contribution >= 0.6 is 0 Å². The second kappa shape index (κ2) is 23.3. The van der Waals surface area contributed by atoms with E-state index in [-0.39, 0.29) is 75.2 Å². The Bertz CT molecular complexity index is 2580. The quantitative estimate of drug-likeness (QED) is 0.0270. The number of hydrogen-bond donors (Lipinski definition) is 0. The van der Waals surface area contributed by atoms with Gasteiger partial charge in [0.2, 0.25) is 0 Å². The minimum Gasteiger partial charge on any atom is -0.462 e. The number of hydrogen-bond acceptors (Lipinski definition) is 14. The van der Waals surface area contributed by atoms with Gasteiger partial charge in [-0.2, -0.15) is 0 Å². The van der Waals surface area contributed by atoms with E-state index in [2.05, 4.69) is 13.2 Å². The van der Waals surface area contributed by atoms with Crippen molar-refractivity contribution in [3.63, 3.8) is 0 Å². The molecular formula is C54H48O14. The van der Waals surface area contributed by atoms with Gasteiger partial charge in [0.05, 0.1) is 25.7 Å². The molecule has 348 valence electrons. The highest BCUT2D eigenvalue weighted by molar-refractivity contribution is 6.24. The predicted octanol–water partition coefficient (Wildman–Crippen LogP) is 8.37. The smallest absolute Gasteiger partial charge is 0.330 e. The van der Waals surface area contributed by atoms with Crippen molar-refractivity contribution in [2.75, 3.05) is 26.4 Å². The molecule has 14 nitrogen and oxygen atoms in total. The van der Waals surface area contributed by atoms with Crippen LogP contribution in [0.4, 0.5) is 0 Å². The topological polar surface area (TPSA) is 192 Å². The summed E-state index contributed by atoms with van der Waals surface area (Å²) in [4.78, 5) is 101. The molecule has 0 aromatic heterocycles. The van der Waals surface area contributed by atoms with Gasteiger partial charge < -0.3 is 28.4 Å². The van der Waals surface area contributed by atoms with Crippen LogP contribution < -0.4 is 9.47 Å². The molecule has 0 fully saturated rings. The normalized spacial score (nSPS) is 14.6.